The molecule has 1 unspecified atom stereocenters. The van der Waals surface area contributed by atoms with Crippen LogP contribution in [0, 0.1) is 0 Å². The predicted molar refractivity (Wildman–Crippen MR) is 59.1 cm³/mol. The summed E-state index contributed by atoms with van der Waals surface area (Å²) in [6, 6.07) is 1.82. The molecule has 1 aliphatic heterocycles. The minimum atomic E-state index is 0.0116. The maximum absolute atomic E-state index is 5.73. The first-order valence-corrected chi connectivity index (χ1v) is 5.46. The Kier molecular flexibility index (Phi) is 3.07. The van der Waals surface area contributed by atoms with Crippen molar-refractivity contribution in [2.45, 2.75) is 25.3 Å². The molecule has 1 aliphatic rings. The van der Waals surface area contributed by atoms with Crippen LogP contribution < -0.4 is 5.32 Å². The number of nitrogens with one attached hydrogen (secondary N) is 1. The summed E-state index contributed by atoms with van der Waals surface area (Å²) in [6.45, 7) is 3.68. The Balaban J connectivity index is 2.12. The van der Waals surface area contributed by atoms with Crippen molar-refractivity contribution in [1.29, 1.82) is 0 Å². The van der Waals surface area contributed by atoms with Crippen molar-refractivity contribution in [3.8, 4) is 0 Å². The highest BCUT2D eigenvalue weighted by atomic mass is 35.5. The monoisotopic (exact) mass is 227 g/mol. The molecule has 15 heavy (non-hydrogen) atoms. The SMILES string of the molecule is CCC1(Nc2ccnc(Cl)n2)CCOC1. The highest BCUT2D eigenvalue weighted by molar-refractivity contribution is 6.28. The summed E-state index contributed by atoms with van der Waals surface area (Å²) in [5.74, 6) is 0.766. The Morgan fingerprint density at radius 1 is 1.67 bits per heavy atom. The van der Waals surface area contributed by atoms with E-state index in [-0.39, 0.29) is 10.8 Å². The van der Waals surface area contributed by atoms with Gasteiger partial charge in [0, 0.05) is 12.8 Å². The van der Waals surface area contributed by atoms with Crippen LogP contribution in [-0.4, -0.2) is 28.7 Å². The molecule has 1 aromatic rings. The molecule has 2 heterocycles. The summed E-state index contributed by atoms with van der Waals surface area (Å²) in [5, 5.41) is 3.65. The molecular formula is C10H14ClN3O. The van der Waals surface area contributed by atoms with Crippen molar-refractivity contribution >= 4 is 17.4 Å². The van der Waals surface area contributed by atoms with Gasteiger partial charge in [-0.1, -0.05) is 6.92 Å². The minimum absolute atomic E-state index is 0.0116. The van der Waals surface area contributed by atoms with E-state index < -0.39 is 0 Å². The first-order valence-electron chi connectivity index (χ1n) is 5.09. The summed E-state index contributed by atoms with van der Waals surface area (Å²) in [5.41, 5.74) is 0.0116. The highest BCUT2D eigenvalue weighted by Crippen LogP contribution is 2.26. The van der Waals surface area contributed by atoms with Crippen LogP contribution in [-0.2, 0) is 4.74 Å². The standard InChI is InChI=1S/C10H14ClN3O/c1-2-10(4-6-15-7-10)14-8-3-5-12-9(11)13-8/h3,5H,2,4,6-7H2,1H3,(H,12,13,14). The second kappa shape index (κ2) is 4.33. The first kappa shape index (κ1) is 10.6. The lowest BCUT2D eigenvalue weighted by molar-refractivity contribution is 0.181. The summed E-state index contributed by atoms with van der Waals surface area (Å²) in [4.78, 5) is 7.96. The average Bonchev–Trinajstić information content (AvgIpc) is 2.67. The van der Waals surface area contributed by atoms with E-state index in [1.165, 1.54) is 0 Å². The fourth-order valence-corrected chi connectivity index (χ4v) is 1.90. The number of halogens is 1. The molecule has 4 nitrogen and oxygen atoms in total. The predicted octanol–water partition coefficient (Wildman–Crippen LogP) is 2.11. The molecule has 0 aromatic carbocycles. The lowest BCUT2D eigenvalue weighted by Gasteiger charge is -2.27. The van der Waals surface area contributed by atoms with Gasteiger partial charge < -0.3 is 10.1 Å². The molecule has 1 aromatic heterocycles. The van der Waals surface area contributed by atoms with E-state index in [4.69, 9.17) is 16.3 Å². The molecule has 0 spiro atoms. The van der Waals surface area contributed by atoms with Crippen LogP contribution in [0.25, 0.3) is 0 Å². The van der Waals surface area contributed by atoms with Crippen molar-refractivity contribution in [2.75, 3.05) is 18.5 Å². The fraction of sp³-hybridized carbons (Fsp3) is 0.600. The van der Waals surface area contributed by atoms with Crippen LogP contribution in [0.5, 0.6) is 0 Å². The van der Waals surface area contributed by atoms with E-state index in [1.807, 2.05) is 6.07 Å². The zero-order valence-corrected chi connectivity index (χ0v) is 9.42. The molecule has 82 valence electrons. The van der Waals surface area contributed by atoms with E-state index in [2.05, 4.69) is 22.2 Å². The summed E-state index contributed by atoms with van der Waals surface area (Å²) < 4.78 is 5.41. The van der Waals surface area contributed by atoms with Crippen molar-refractivity contribution in [3.05, 3.63) is 17.5 Å². The average molecular weight is 228 g/mol. The lowest BCUT2D eigenvalue weighted by atomic mass is 9.95. The van der Waals surface area contributed by atoms with E-state index >= 15 is 0 Å². The number of aromatic nitrogens is 2. The Bertz CT molecular complexity index is 339. The molecule has 2 rings (SSSR count). The van der Waals surface area contributed by atoms with Crippen molar-refractivity contribution in [1.82, 2.24) is 9.97 Å². The quantitative estimate of drug-likeness (QED) is 0.804. The van der Waals surface area contributed by atoms with Crippen molar-refractivity contribution < 1.29 is 4.74 Å². The third-order valence-corrected chi connectivity index (χ3v) is 2.98. The lowest BCUT2D eigenvalue weighted by Crippen LogP contribution is -2.38. The van der Waals surface area contributed by atoms with Crippen LogP contribution in [0.2, 0.25) is 5.28 Å². The second-order valence-electron chi connectivity index (χ2n) is 3.77. The molecule has 1 fully saturated rings. The van der Waals surface area contributed by atoms with Gasteiger partial charge in [-0.05, 0) is 30.5 Å². The van der Waals surface area contributed by atoms with Gasteiger partial charge in [0.05, 0.1) is 12.1 Å². The highest BCUT2D eigenvalue weighted by Gasteiger charge is 2.33. The number of hydrogen-bond donors (Lipinski definition) is 1. The van der Waals surface area contributed by atoms with Crippen LogP contribution in [0.4, 0.5) is 5.82 Å². The van der Waals surface area contributed by atoms with Gasteiger partial charge in [-0.2, -0.15) is 0 Å². The molecule has 0 amide bonds. The normalized spacial score (nSPS) is 25.5. The minimum Gasteiger partial charge on any atom is -0.379 e. The number of hydrogen-bond acceptors (Lipinski definition) is 4. The van der Waals surface area contributed by atoms with Gasteiger partial charge in [0.1, 0.15) is 5.82 Å². The van der Waals surface area contributed by atoms with Gasteiger partial charge in [-0.25, -0.2) is 9.97 Å². The van der Waals surface area contributed by atoms with Crippen LogP contribution in [0.1, 0.15) is 19.8 Å². The van der Waals surface area contributed by atoms with Gasteiger partial charge in [0.15, 0.2) is 0 Å². The molecule has 0 saturated carbocycles. The van der Waals surface area contributed by atoms with E-state index in [0.717, 1.165) is 31.9 Å². The number of rotatable bonds is 3. The third kappa shape index (κ3) is 2.38. The summed E-state index contributed by atoms with van der Waals surface area (Å²) in [6.07, 6.45) is 3.66. The molecule has 0 radical (unpaired) electrons. The molecule has 0 aliphatic carbocycles. The number of ether oxygens (including phenoxy) is 1. The molecule has 1 saturated heterocycles. The zero-order chi connectivity index (χ0) is 10.7. The maximum atomic E-state index is 5.73. The Hall–Kier alpha value is -0.870. The van der Waals surface area contributed by atoms with Gasteiger partial charge in [0.25, 0.3) is 0 Å². The third-order valence-electron chi connectivity index (χ3n) is 2.80. The molecule has 5 heteroatoms. The number of nitrogens with zero attached hydrogens (tertiary/aromatic N) is 2. The number of anilines is 1. The molecule has 1 atom stereocenters. The second-order valence-corrected chi connectivity index (χ2v) is 4.11. The van der Waals surface area contributed by atoms with Crippen LogP contribution in [0.3, 0.4) is 0 Å². The Morgan fingerprint density at radius 2 is 2.53 bits per heavy atom. The van der Waals surface area contributed by atoms with Crippen LogP contribution >= 0.6 is 11.6 Å². The topological polar surface area (TPSA) is 47.0 Å². The fourth-order valence-electron chi connectivity index (χ4n) is 1.75. The summed E-state index contributed by atoms with van der Waals surface area (Å²) >= 11 is 5.73. The molecule has 0 bridgehead atoms. The largest absolute Gasteiger partial charge is 0.379 e. The molecule has 1 N–H and O–H groups in total. The van der Waals surface area contributed by atoms with Gasteiger partial charge in [-0.15, -0.1) is 0 Å². The van der Waals surface area contributed by atoms with E-state index in [9.17, 15) is 0 Å². The molecular weight excluding hydrogens is 214 g/mol. The maximum Gasteiger partial charge on any atom is 0.224 e. The van der Waals surface area contributed by atoms with Crippen LogP contribution in [0.15, 0.2) is 12.3 Å². The van der Waals surface area contributed by atoms with Gasteiger partial charge in [0.2, 0.25) is 5.28 Å². The van der Waals surface area contributed by atoms with Gasteiger partial charge in [-0.3, -0.25) is 0 Å². The van der Waals surface area contributed by atoms with Crippen molar-refractivity contribution in [2.24, 2.45) is 0 Å². The zero-order valence-electron chi connectivity index (χ0n) is 8.66. The van der Waals surface area contributed by atoms with E-state index in [0.29, 0.717) is 0 Å². The first-order chi connectivity index (χ1) is 7.24. The smallest absolute Gasteiger partial charge is 0.224 e. The van der Waals surface area contributed by atoms with E-state index in [1.54, 1.807) is 6.20 Å². The van der Waals surface area contributed by atoms with Gasteiger partial charge >= 0.3 is 0 Å². The summed E-state index contributed by atoms with van der Waals surface area (Å²) in [7, 11) is 0. The Labute approximate surface area is 94.0 Å². The Morgan fingerprint density at radius 3 is 3.13 bits per heavy atom. The van der Waals surface area contributed by atoms with Crippen molar-refractivity contribution in [3.63, 3.8) is 0 Å².